The number of amides is 2. The summed E-state index contributed by atoms with van der Waals surface area (Å²) in [6.07, 6.45) is -0.650. The van der Waals surface area contributed by atoms with Crippen LogP contribution in [0.3, 0.4) is 0 Å². The number of aromatic nitrogens is 3. The van der Waals surface area contributed by atoms with Gasteiger partial charge in [-0.15, -0.1) is 0 Å². The average Bonchev–Trinajstić information content (AvgIpc) is 3.01. The number of carbonyl (C=O) groups is 2. The highest BCUT2D eigenvalue weighted by molar-refractivity contribution is 5.94. The fourth-order valence-corrected chi connectivity index (χ4v) is 3.29. The summed E-state index contributed by atoms with van der Waals surface area (Å²) in [7, 11) is 0. The highest BCUT2D eigenvalue weighted by Gasteiger charge is 2.39. The Kier molecular flexibility index (Phi) is 5.66. The third-order valence-corrected chi connectivity index (χ3v) is 4.57. The first-order valence-corrected chi connectivity index (χ1v) is 8.93. The first-order valence-electron chi connectivity index (χ1n) is 8.93. The van der Waals surface area contributed by atoms with E-state index >= 15 is 0 Å². The van der Waals surface area contributed by atoms with Crippen LogP contribution in [0.1, 0.15) is 52.3 Å². The molecule has 2 heterocycles. The van der Waals surface area contributed by atoms with Crippen LogP contribution in [0, 0.1) is 0 Å². The van der Waals surface area contributed by atoms with Crippen LogP contribution < -0.4 is 11.1 Å². The van der Waals surface area contributed by atoms with E-state index in [0.717, 1.165) is 6.42 Å². The Bertz CT molecular complexity index is 892. The molecule has 2 aromatic heterocycles. The van der Waals surface area contributed by atoms with E-state index in [-0.39, 0.29) is 25.1 Å². The van der Waals surface area contributed by atoms with Gasteiger partial charge in [0.1, 0.15) is 0 Å². The molecule has 1 aliphatic rings. The summed E-state index contributed by atoms with van der Waals surface area (Å²) in [6.45, 7) is 0.147. The van der Waals surface area contributed by atoms with E-state index in [0.29, 0.717) is 36.2 Å². The van der Waals surface area contributed by atoms with Gasteiger partial charge in [-0.1, -0.05) is 0 Å². The molecular formula is C18H20F3N5O2. The Morgan fingerprint density at radius 3 is 2.71 bits per heavy atom. The molecule has 0 radical (unpaired) electrons. The summed E-state index contributed by atoms with van der Waals surface area (Å²) >= 11 is 0. The first kappa shape index (κ1) is 19.8. The lowest BCUT2D eigenvalue weighted by Crippen LogP contribution is -2.28. The summed E-state index contributed by atoms with van der Waals surface area (Å²) in [4.78, 5) is 27.0. The van der Waals surface area contributed by atoms with Gasteiger partial charge in [0.15, 0.2) is 5.69 Å². The minimum atomic E-state index is -4.50. The molecule has 3 rings (SSSR count). The number of nitrogens with two attached hydrogens (primary N) is 1. The van der Waals surface area contributed by atoms with E-state index in [2.05, 4.69) is 15.4 Å². The maximum absolute atomic E-state index is 13.3. The van der Waals surface area contributed by atoms with Crippen molar-refractivity contribution in [3.05, 3.63) is 46.5 Å². The van der Waals surface area contributed by atoms with Gasteiger partial charge in [-0.2, -0.15) is 18.3 Å². The lowest BCUT2D eigenvalue weighted by atomic mass is 9.95. The zero-order valence-corrected chi connectivity index (χ0v) is 15.1. The number of fused-ring (bicyclic) bond motifs is 1. The van der Waals surface area contributed by atoms with Gasteiger partial charge >= 0.3 is 6.18 Å². The van der Waals surface area contributed by atoms with Gasteiger partial charge in [0.05, 0.1) is 12.2 Å². The van der Waals surface area contributed by atoms with Crippen molar-refractivity contribution in [2.45, 2.75) is 44.8 Å². The van der Waals surface area contributed by atoms with E-state index in [1.54, 1.807) is 0 Å². The van der Waals surface area contributed by atoms with E-state index < -0.39 is 23.7 Å². The summed E-state index contributed by atoms with van der Waals surface area (Å²) in [5.74, 6) is -0.942. The molecule has 28 heavy (non-hydrogen) atoms. The smallest absolute Gasteiger partial charge is 0.370 e. The molecule has 1 aliphatic carbocycles. The predicted octanol–water partition coefficient (Wildman–Crippen LogP) is 1.83. The molecule has 0 aliphatic heterocycles. The molecule has 0 bridgehead atoms. The largest absolute Gasteiger partial charge is 0.435 e. The molecule has 3 N–H and O–H groups in total. The van der Waals surface area contributed by atoms with Crippen LogP contribution in [-0.4, -0.2) is 33.1 Å². The molecule has 0 unspecified atom stereocenters. The van der Waals surface area contributed by atoms with Crippen LogP contribution in [0.5, 0.6) is 0 Å². The summed E-state index contributed by atoms with van der Waals surface area (Å²) in [5.41, 5.74) is 5.76. The summed E-state index contributed by atoms with van der Waals surface area (Å²) in [5, 5.41) is 6.36. The van der Waals surface area contributed by atoms with Crippen LogP contribution >= 0.6 is 0 Å². The van der Waals surface area contributed by atoms with Crippen molar-refractivity contribution in [3.8, 4) is 0 Å². The van der Waals surface area contributed by atoms with Gasteiger partial charge in [0.2, 0.25) is 5.91 Å². The van der Waals surface area contributed by atoms with Gasteiger partial charge in [0, 0.05) is 36.0 Å². The van der Waals surface area contributed by atoms with Gasteiger partial charge in [-0.25, -0.2) is 0 Å². The average molecular weight is 395 g/mol. The molecule has 0 saturated heterocycles. The lowest BCUT2D eigenvalue weighted by molar-refractivity contribution is -0.142. The number of hydrogen-bond acceptors (Lipinski definition) is 4. The van der Waals surface area contributed by atoms with Gasteiger partial charge in [-0.3, -0.25) is 19.3 Å². The second-order valence-corrected chi connectivity index (χ2v) is 6.64. The van der Waals surface area contributed by atoms with Crippen molar-refractivity contribution < 1.29 is 22.8 Å². The molecular weight excluding hydrogens is 375 g/mol. The van der Waals surface area contributed by atoms with Crippen molar-refractivity contribution in [1.29, 1.82) is 0 Å². The highest BCUT2D eigenvalue weighted by Crippen LogP contribution is 2.35. The molecule has 150 valence electrons. The summed E-state index contributed by atoms with van der Waals surface area (Å²) in [6, 6.07) is 2.99. The molecule has 2 amide bonds. The number of alkyl halides is 3. The number of rotatable bonds is 6. The van der Waals surface area contributed by atoms with Crippen LogP contribution in [-0.2, 0) is 30.4 Å². The third kappa shape index (κ3) is 4.49. The number of primary amides is 1. The zero-order valence-electron chi connectivity index (χ0n) is 15.1. The maximum Gasteiger partial charge on any atom is 0.435 e. The van der Waals surface area contributed by atoms with Crippen molar-refractivity contribution >= 4 is 11.8 Å². The number of nitrogens with zero attached hydrogens (tertiary/aromatic N) is 3. The van der Waals surface area contributed by atoms with E-state index in [1.165, 1.54) is 23.0 Å². The van der Waals surface area contributed by atoms with Crippen LogP contribution in [0.2, 0.25) is 0 Å². The number of carbonyl (C=O) groups excluding carboxylic acids is 2. The monoisotopic (exact) mass is 395 g/mol. The minimum absolute atomic E-state index is 0.0172. The predicted molar refractivity (Wildman–Crippen MR) is 93.4 cm³/mol. The molecule has 0 aromatic carbocycles. The number of halogens is 3. The summed E-state index contributed by atoms with van der Waals surface area (Å²) < 4.78 is 41.2. The fourth-order valence-electron chi connectivity index (χ4n) is 3.29. The number of pyridine rings is 1. The number of nitrogens with one attached hydrogen (secondary N) is 1. The number of hydrogen-bond donors (Lipinski definition) is 2. The molecule has 0 saturated carbocycles. The van der Waals surface area contributed by atoms with Crippen molar-refractivity contribution in [2.75, 3.05) is 6.54 Å². The Morgan fingerprint density at radius 2 is 2.00 bits per heavy atom. The molecule has 0 fully saturated rings. The molecule has 2 aromatic rings. The first-order chi connectivity index (χ1) is 13.3. The Labute approximate surface area is 159 Å². The lowest BCUT2D eigenvalue weighted by Gasteiger charge is -2.14. The van der Waals surface area contributed by atoms with Crippen LogP contribution in [0.15, 0.2) is 18.3 Å². The minimum Gasteiger partial charge on any atom is -0.370 e. The Hall–Kier alpha value is -2.91. The van der Waals surface area contributed by atoms with Crippen molar-refractivity contribution in [1.82, 2.24) is 20.1 Å². The van der Waals surface area contributed by atoms with Gasteiger partial charge < -0.3 is 11.1 Å². The Balaban J connectivity index is 1.80. The van der Waals surface area contributed by atoms with E-state index in [9.17, 15) is 22.8 Å². The standard InChI is InChI=1S/C18H20F3N5O2/c19-18(20,21)16-13-3-1-2-4-14(13)26(25-16)10-12-9-11(5-7-23-12)17(28)24-8-6-15(22)27/h5,7,9H,1-4,6,8,10H2,(H2,22,27)(H,24,28). The highest BCUT2D eigenvalue weighted by atomic mass is 19.4. The topological polar surface area (TPSA) is 103 Å². The van der Waals surface area contributed by atoms with E-state index in [1.807, 2.05) is 0 Å². The SMILES string of the molecule is NC(=O)CCNC(=O)c1ccnc(Cn2nc(C(F)(F)F)c3c2CCCC3)c1. The van der Waals surface area contributed by atoms with Crippen molar-refractivity contribution in [2.24, 2.45) is 5.73 Å². The van der Waals surface area contributed by atoms with Crippen LogP contribution in [0.4, 0.5) is 13.2 Å². The quantitative estimate of drug-likeness (QED) is 0.779. The second-order valence-electron chi connectivity index (χ2n) is 6.64. The molecule has 0 spiro atoms. The van der Waals surface area contributed by atoms with Crippen LogP contribution in [0.25, 0.3) is 0 Å². The molecule has 7 nitrogen and oxygen atoms in total. The Morgan fingerprint density at radius 1 is 1.25 bits per heavy atom. The molecule has 10 heteroatoms. The second kappa shape index (κ2) is 7.99. The van der Waals surface area contributed by atoms with Gasteiger partial charge in [0.25, 0.3) is 5.91 Å². The van der Waals surface area contributed by atoms with E-state index in [4.69, 9.17) is 5.73 Å². The van der Waals surface area contributed by atoms with Crippen molar-refractivity contribution in [3.63, 3.8) is 0 Å². The van der Waals surface area contributed by atoms with Gasteiger partial charge in [-0.05, 0) is 37.8 Å². The third-order valence-electron chi connectivity index (χ3n) is 4.57. The fraction of sp³-hybridized carbons (Fsp3) is 0.444. The normalized spacial score (nSPS) is 13.8. The zero-order chi connectivity index (χ0) is 20.3. The maximum atomic E-state index is 13.3. The molecule has 0 atom stereocenters.